The molecule has 1 amide bonds. The van der Waals surface area contributed by atoms with E-state index in [1.54, 1.807) is 12.1 Å². The molecule has 0 aliphatic rings. The molecule has 0 aliphatic carbocycles. The van der Waals surface area contributed by atoms with Gasteiger partial charge in [0.2, 0.25) is 5.91 Å². The Morgan fingerprint density at radius 3 is 2.32 bits per heavy atom. The minimum atomic E-state index is -0.396. The van der Waals surface area contributed by atoms with Crippen molar-refractivity contribution in [2.75, 3.05) is 11.1 Å². The number of aryl methyl sites for hydroxylation is 2. The Bertz CT molecular complexity index is 1200. The van der Waals surface area contributed by atoms with E-state index in [9.17, 15) is 9.18 Å². The topological polar surface area (TPSA) is 59.8 Å². The van der Waals surface area contributed by atoms with Crippen LogP contribution in [0.2, 0.25) is 0 Å². The van der Waals surface area contributed by atoms with Crippen LogP contribution in [0.4, 0.5) is 10.1 Å². The zero-order chi connectivity index (χ0) is 21.8. The lowest BCUT2D eigenvalue weighted by atomic mass is 10.1. The lowest BCUT2D eigenvalue weighted by Crippen LogP contribution is -2.14. The fraction of sp³-hybridized carbons (Fsp3) is 0.125. The third-order valence-electron chi connectivity index (χ3n) is 4.68. The quantitative estimate of drug-likeness (QED) is 0.413. The number of halogens is 1. The molecule has 0 atom stereocenters. The van der Waals surface area contributed by atoms with Crippen molar-refractivity contribution in [1.29, 1.82) is 0 Å². The van der Waals surface area contributed by atoms with Crippen LogP contribution in [0.5, 0.6) is 0 Å². The van der Waals surface area contributed by atoms with Crippen LogP contribution in [0.3, 0.4) is 0 Å². The van der Waals surface area contributed by atoms with Gasteiger partial charge in [-0.3, -0.25) is 9.36 Å². The van der Waals surface area contributed by atoms with Crippen molar-refractivity contribution < 1.29 is 9.18 Å². The number of hydrogen-bond donors (Lipinski definition) is 1. The van der Waals surface area contributed by atoms with Gasteiger partial charge in [-0.1, -0.05) is 65.4 Å². The second kappa shape index (κ2) is 9.14. The van der Waals surface area contributed by atoms with Gasteiger partial charge in [-0.25, -0.2) is 4.39 Å². The number of nitrogens with one attached hydrogen (secondary N) is 1. The smallest absolute Gasteiger partial charge is 0.234 e. The number of carbonyl (C=O) groups is 1. The first-order valence-electron chi connectivity index (χ1n) is 9.77. The van der Waals surface area contributed by atoms with Crippen LogP contribution in [0.1, 0.15) is 11.1 Å². The molecule has 0 saturated carbocycles. The summed E-state index contributed by atoms with van der Waals surface area (Å²) >= 11 is 1.28. The Labute approximate surface area is 184 Å². The highest BCUT2D eigenvalue weighted by molar-refractivity contribution is 7.99. The molecule has 156 valence electrons. The third-order valence-corrected chi connectivity index (χ3v) is 5.60. The number of amides is 1. The van der Waals surface area contributed by atoms with Crippen LogP contribution in [-0.2, 0) is 4.79 Å². The average Bonchev–Trinajstić information content (AvgIpc) is 3.17. The van der Waals surface area contributed by atoms with Crippen LogP contribution in [-0.4, -0.2) is 26.4 Å². The highest BCUT2D eigenvalue weighted by atomic mass is 32.2. The van der Waals surface area contributed by atoms with Crippen molar-refractivity contribution in [2.45, 2.75) is 19.0 Å². The molecule has 0 unspecified atom stereocenters. The predicted octanol–water partition coefficient (Wildman–Crippen LogP) is 5.42. The van der Waals surface area contributed by atoms with E-state index in [-0.39, 0.29) is 11.7 Å². The summed E-state index contributed by atoms with van der Waals surface area (Å²) in [6, 6.07) is 22.0. The zero-order valence-corrected chi connectivity index (χ0v) is 18.0. The van der Waals surface area contributed by atoms with Gasteiger partial charge in [-0.05, 0) is 44.2 Å². The summed E-state index contributed by atoms with van der Waals surface area (Å²) in [5.41, 5.74) is 4.59. The molecule has 1 aromatic heterocycles. The highest BCUT2D eigenvalue weighted by Gasteiger charge is 2.17. The van der Waals surface area contributed by atoms with Gasteiger partial charge in [0.25, 0.3) is 0 Å². The Morgan fingerprint density at radius 1 is 0.968 bits per heavy atom. The van der Waals surface area contributed by atoms with Crippen molar-refractivity contribution in [2.24, 2.45) is 0 Å². The molecule has 7 heteroatoms. The first-order chi connectivity index (χ1) is 15.0. The van der Waals surface area contributed by atoms with E-state index in [0.717, 1.165) is 22.4 Å². The monoisotopic (exact) mass is 432 g/mol. The van der Waals surface area contributed by atoms with Crippen LogP contribution in [0.15, 0.2) is 78.0 Å². The molecule has 0 saturated heterocycles. The first kappa shape index (κ1) is 20.8. The minimum absolute atomic E-state index is 0.119. The van der Waals surface area contributed by atoms with E-state index in [1.165, 1.54) is 23.9 Å². The summed E-state index contributed by atoms with van der Waals surface area (Å²) in [4.78, 5) is 12.4. The van der Waals surface area contributed by atoms with Gasteiger partial charge in [0.15, 0.2) is 11.0 Å². The summed E-state index contributed by atoms with van der Waals surface area (Å²) in [5.74, 6) is 0.184. The number of carbonyl (C=O) groups excluding carboxylic acids is 1. The Kier molecular flexibility index (Phi) is 6.13. The molecule has 31 heavy (non-hydrogen) atoms. The molecule has 0 spiro atoms. The lowest BCUT2D eigenvalue weighted by molar-refractivity contribution is -0.113. The van der Waals surface area contributed by atoms with Crippen LogP contribution in [0, 0.1) is 19.7 Å². The summed E-state index contributed by atoms with van der Waals surface area (Å²) in [6.07, 6.45) is 0. The summed E-state index contributed by atoms with van der Waals surface area (Å²) in [7, 11) is 0. The Hall–Kier alpha value is -3.45. The van der Waals surface area contributed by atoms with Crippen LogP contribution in [0.25, 0.3) is 17.1 Å². The van der Waals surface area contributed by atoms with E-state index in [4.69, 9.17) is 0 Å². The molecule has 4 aromatic rings. The Morgan fingerprint density at radius 2 is 1.65 bits per heavy atom. The predicted molar refractivity (Wildman–Crippen MR) is 122 cm³/mol. The zero-order valence-electron chi connectivity index (χ0n) is 17.2. The van der Waals surface area contributed by atoms with Crippen molar-refractivity contribution in [1.82, 2.24) is 14.8 Å². The van der Waals surface area contributed by atoms with Crippen molar-refractivity contribution in [3.05, 3.63) is 89.7 Å². The van der Waals surface area contributed by atoms with Crippen molar-refractivity contribution in [3.8, 4) is 17.1 Å². The van der Waals surface area contributed by atoms with E-state index < -0.39 is 5.82 Å². The second-order valence-corrected chi connectivity index (χ2v) is 8.13. The fourth-order valence-corrected chi connectivity index (χ4v) is 3.82. The number of hydrogen-bond acceptors (Lipinski definition) is 4. The van der Waals surface area contributed by atoms with Crippen molar-refractivity contribution in [3.63, 3.8) is 0 Å². The summed E-state index contributed by atoms with van der Waals surface area (Å²) in [6.45, 7) is 4.07. The average molecular weight is 433 g/mol. The number of anilines is 1. The lowest BCUT2D eigenvalue weighted by Gasteiger charge is -2.11. The molecular formula is C24H21FN4OS. The maximum Gasteiger partial charge on any atom is 0.234 e. The van der Waals surface area contributed by atoms with Gasteiger partial charge in [0.1, 0.15) is 5.82 Å². The van der Waals surface area contributed by atoms with E-state index in [1.807, 2.05) is 66.9 Å². The van der Waals surface area contributed by atoms with Gasteiger partial charge < -0.3 is 5.32 Å². The number of aromatic nitrogens is 3. The second-order valence-electron chi connectivity index (χ2n) is 7.19. The molecule has 0 fully saturated rings. The van der Waals surface area contributed by atoms with Crippen LogP contribution < -0.4 is 5.32 Å². The van der Waals surface area contributed by atoms with Crippen LogP contribution >= 0.6 is 11.8 Å². The maximum absolute atomic E-state index is 13.3. The SMILES string of the molecule is Cc1ccc(-c2nnc(SCC(=O)Nc3cccc(F)c3)n2-c2ccc(C)cc2)cc1. The number of benzene rings is 3. The molecular weight excluding hydrogens is 411 g/mol. The maximum atomic E-state index is 13.3. The number of nitrogens with zero attached hydrogens (tertiary/aromatic N) is 3. The van der Waals surface area contributed by atoms with Crippen molar-refractivity contribution >= 4 is 23.4 Å². The van der Waals surface area contributed by atoms with Gasteiger partial charge in [0.05, 0.1) is 5.75 Å². The molecule has 0 bridgehead atoms. The number of thioether (sulfide) groups is 1. The number of rotatable bonds is 6. The van der Waals surface area contributed by atoms with E-state index in [2.05, 4.69) is 15.5 Å². The fourth-order valence-electron chi connectivity index (χ4n) is 3.07. The summed E-state index contributed by atoms with van der Waals surface area (Å²) in [5, 5.41) is 12.1. The molecule has 1 heterocycles. The molecule has 5 nitrogen and oxygen atoms in total. The normalized spacial score (nSPS) is 10.8. The molecule has 0 radical (unpaired) electrons. The van der Waals surface area contributed by atoms with Gasteiger partial charge >= 0.3 is 0 Å². The largest absolute Gasteiger partial charge is 0.325 e. The Balaban J connectivity index is 1.60. The first-order valence-corrected chi connectivity index (χ1v) is 10.8. The standard InChI is InChI=1S/C24H21FN4OS/c1-16-6-10-18(11-7-16)23-27-28-24(29(23)21-12-8-17(2)9-13-21)31-15-22(30)26-20-5-3-4-19(25)14-20/h3-14H,15H2,1-2H3,(H,26,30). The van der Waals surface area contributed by atoms with E-state index in [0.29, 0.717) is 16.7 Å². The van der Waals surface area contributed by atoms with E-state index >= 15 is 0 Å². The van der Waals surface area contributed by atoms with Gasteiger partial charge in [-0.15, -0.1) is 10.2 Å². The molecule has 4 rings (SSSR count). The molecule has 1 N–H and O–H groups in total. The highest BCUT2D eigenvalue weighted by Crippen LogP contribution is 2.28. The molecule has 3 aromatic carbocycles. The summed E-state index contributed by atoms with van der Waals surface area (Å²) < 4.78 is 15.3. The van der Waals surface area contributed by atoms with Gasteiger partial charge in [0, 0.05) is 16.9 Å². The third kappa shape index (κ3) is 5.00. The molecule has 0 aliphatic heterocycles. The van der Waals surface area contributed by atoms with Gasteiger partial charge in [-0.2, -0.15) is 0 Å². The minimum Gasteiger partial charge on any atom is -0.325 e.